The number of nitrogens with one attached hydrogen (secondary N) is 1. The number of hydrogen-bond acceptors (Lipinski definition) is 2. The van der Waals surface area contributed by atoms with Gasteiger partial charge in [-0.2, -0.15) is 0 Å². The third-order valence-electron chi connectivity index (χ3n) is 1.64. The molecule has 3 nitrogen and oxygen atoms in total. The summed E-state index contributed by atoms with van der Waals surface area (Å²) in [6.07, 6.45) is 0. The van der Waals surface area contributed by atoms with Crippen molar-refractivity contribution >= 4 is 31.6 Å². The van der Waals surface area contributed by atoms with Crippen molar-refractivity contribution in [1.82, 2.24) is 5.32 Å². The summed E-state index contributed by atoms with van der Waals surface area (Å²) in [6, 6.07) is 6.74. The SMILES string of the molecule is O=C1NC(=O)c2ccccc21.[Ga]. The molecule has 12 heavy (non-hydrogen) atoms. The summed E-state index contributed by atoms with van der Waals surface area (Å²) in [4.78, 5) is 21.9. The number of fused-ring (bicyclic) bond motifs is 1. The van der Waals surface area contributed by atoms with Crippen molar-refractivity contribution in [2.45, 2.75) is 0 Å². The quantitative estimate of drug-likeness (QED) is 0.497. The fraction of sp³-hybridized carbons (Fsp3) is 0. The molecule has 0 aliphatic carbocycles. The van der Waals surface area contributed by atoms with Crippen LogP contribution < -0.4 is 5.32 Å². The van der Waals surface area contributed by atoms with E-state index in [1.165, 1.54) is 0 Å². The molecular formula is C8H5GaNO2. The van der Waals surface area contributed by atoms with Gasteiger partial charge < -0.3 is 0 Å². The Morgan fingerprint density at radius 3 is 1.75 bits per heavy atom. The molecule has 0 aromatic heterocycles. The first-order valence-corrected chi connectivity index (χ1v) is 3.24. The summed E-state index contributed by atoms with van der Waals surface area (Å²) in [5, 5.41) is 2.20. The number of rotatable bonds is 0. The van der Waals surface area contributed by atoms with Crippen molar-refractivity contribution in [3.63, 3.8) is 0 Å². The molecule has 2 amide bonds. The largest absolute Gasteiger partial charge is 0.288 e. The second kappa shape index (κ2) is 3.16. The molecule has 1 aliphatic heterocycles. The maximum atomic E-state index is 10.9. The van der Waals surface area contributed by atoms with Crippen LogP contribution in [0.2, 0.25) is 0 Å². The number of amides is 2. The van der Waals surface area contributed by atoms with Gasteiger partial charge in [0.15, 0.2) is 0 Å². The van der Waals surface area contributed by atoms with E-state index in [4.69, 9.17) is 0 Å². The Morgan fingerprint density at radius 2 is 1.33 bits per heavy atom. The van der Waals surface area contributed by atoms with E-state index in [1.807, 2.05) is 0 Å². The van der Waals surface area contributed by atoms with E-state index in [-0.39, 0.29) is 31.6 Å². The molecule has 0 saturated carbocycles. The maximum Gasteiger partial charge on any atom is 0.258 e. The molecule has 3 radical (unpaired) electrons. The minimum atomic E-state index is -0.300. The predicted octanol–water partition coefficient (Wildman–Crippen LogP) is 0.189. The summed E-state index contributed by atoms with van der Waals surface area (Å²) in [6.45, 7) is 0. The third kappa shape index (κ3) is 1.19. The molecule has 2 rings (SSSR count). The molecule has 0 saturated heterocycles. The van der Waals surface area contributed by atoms with Crippen LogP contribution in [-0.4, -0.2) is 31.6 Å². The van der Waals surface area contributed by atoms with Crippen LogP contribution in [0, 0.1) is 0 Å². The van der Waals surface area contributed by atoms with Crippen LogP contribution in [0.3, 0.4) is 0 Å². The summed E-state index contributed by atoms with van der Waals surface area (Å²) in [5.74, 6) is -0.601. The van der Waals surface area contributed by atoms with Crippen LogP contribution in [-0.2, 0) is 0 Å². The topological polar surface area (TPSA) is 46.2 Å². The Bertz CT molecular complexity index is 316. The van der Waals surface area contributed by atoms with E-state index in [9.17, 15) is 9.59 Å². The van der Waals surface area contributed by atoms with Crippen molar-refractivity contribution < 1.29 is 9.59 Å². The van der Waals surface area contributed by atoms with Gasteiger partial charge in [0.1, 0.15) is 0 Å². The smallest absolute Gasteiger partial charge is 0.258 e. The second-order valence-electron chi connectivity index (χ2n) is 2.33. The zero-order valence-electron chi connectivity index (χ0n) is 6.20. The molecule has 57 valence electrons. The Hall–Kier alpha value is -1.00. The van der Waals surface area contributed by atoms with Crippen LogP contribution in [0.4, 0.5) is 0 Å². The molecule has 1 N–H and O–H groups in total. The molecule has 0 spiro atoms. The van der Waals surface area contributed by atoms with Crippen molar-refractivity contribution in [3.05, 3.63) is 35.4 Å². The molecule has 0 fully saturated rings. The van der Waals surface area contributed by atoms with E-state index >= 15 is 0 Å². The summed E-state index contributed by atoms with van der Waals surface area (Å²) in [7, 11) is 0. The molecule has 1 aliphatic rings. The standard InChI is InChI=1S/C8H5NO2.Ga/c10-7-5-3-1-2-4-6(5)8(11)9-7;/h1-4H,(H,9,10,11);. The average molecular weight is 217 g/mol. The second-order valence-corrected chi connectivity index (χ2v) is 2.33. The monoisotopic (exact) mass is 216 g/mol. The van der Waals surface area contributed by atoms with Gasteiger partial charge in [0, 0.05) is 19.8 Å². The third-order valence-corrected chi connectivity index (χ3v) is 1.64. The molecule has 1 aromatic carbocycles. The van der Waals surface area contributed by atoms with Gasteiger partial charge in [-0.15, -0.1) is 0 Å². The van der Waals surface area contributed by atoms with Crippen molar-refractivity contribution in [1.29, 1.82) is 0 Å². The van der Waals surface area contributed by atoms with Gasteiger partial charge in [0.25, 0.3) is 11.8 Å². The minimum absolute atomic E-state index is 0. The van der Waals surface area contributed by atoms with Gasteiger partial charge in [0.2, 0.25) is 0 Å². The number of carbonyl (C=O) groups is 2. The summed E-state index contributed by atoms with van der Waals surface area (Å²) >= 11 is 0. The van der Waals surface area contributed by atoms with E-state index in [1.54, 1.807) is 24.3 Å². The fourth-order valence-electron chi connectivity index (χ4n) is 1.12. The molecule has 0 bridgehead atoms. The Kier molecular flexibility index (Phi) is 2.39. The normalized spacial score (nSPS) is 13.3. The van der Waals surface area contributed by atoms with Gasteiger partial charge in [0.05, 0.1) is 11.1 Å². The summed E-state index contributed by atoms with van der Waals surface area (Å²) < 4.78 is 0. The molecular weight excluding hydrogens is 212 g/mol. The van der Waals surface area contributed by atoms with Crippen LogP contribution in [0.1, 0.15) is 20.7 Å². The molecule has 0 unspecified atom stereocenters. The van der Waals surface area contributed by atoms with Crippen molar-refractivity contribution in [2.24, 2.45) is 0 Å². The minimum Gasteiger partial charge on any atom is -0.288 e. The first-order chi connectivity index (χ1) is 5.29. The van der Waals surface area contributed by atoms with Crippen LogP contribution in [0.5, 0.6) is 0 Å². The van der Waals surface area contributed by atoms with E-state index in [0.717, 1.165) is 0 Å². The molecule has 0 atom stereocenters. The van der Waals surface area contributed by atoms with Gasteiger partial charge >= 0.3 is 0 Å². The van der Waals surface area contributed by atoms with Gasteiger partial charge in [-0.25, -0.2) is 0 Å². The van der Waals surface area contributed by atoms with Crippen molar-refractivity contribution in [3.8, 4) is 0 Å². The first kappa shape index (κ1) is 9.09. The Labute approximate surface area is 82.2 Å². The summed E-state index contributed by atoms with van der Waals surface area (Å²) in [5.41, 5.74) is 0.940. The zero-order valence-corrected chi connectivity index (χ0v) is 8.63. The molecule has 1 heterocycles. The molecule has 4 heteroatoms. The number of benzene rings is 1. The Morgan fingerprint density at radius 1 is 0.917 bits per heavy atom. The zero-order chi connectivity index (χ0) is 7.84. The van der Waals surface area contributed by atoms with Gasteiger partial charge in [-0.05, 0) is 12.1 Å². The van der Waals surface area contributed by atoms with Gasteiger partial charge in [-0.1, -0.05) is 12.1 Å². The van der Waals surface area contributed by atoms with E-state index in [0.29, 0.717) is 11.1 Å². The van der Waals surface area contributed by atoms with Gasteiger partial charge in [-0.3, -0.25) is 14.9 Å². The number of carbonyl (C=O) groups excluding carboxylic acids is 2. The molecule has 1 aromatic rings. The average Bonchev–Trinajstić information content (AvgIpc) is 2.30. The maximum absolute atomic E-state index is 10.9. The van der Waals surface area contributed by atoms with E-state index in [2.05, 4.69) is 5.32 Å². The Balaban J connectivity index is 0.000000720. The van der Waals surface area contributed by atoms with Crippen LogP contribution in [0.25, 0.3) is 0 Å². The van der Waals surface area contributed by atoms with Crippen LogP contribution >= 0.6 is 0 Å². The number of imide groups is 1. The predicted molar refractivity (Wildman–Crippen MR) is 44.0 cm³/mol. The fourth-order valence-corrected chi connectivity index (χ4v) is 1.12. The van der Waals surface area contributed by atoms with Crippen LogP contribution in [0.15, 0.2) is 24.3 Å². The first-order valence-electron chi connectivity index (χ1n) is 3.24. The number of hydrogen-bond donors (Lipinski definition) is 1. The van der Waals surface area contributed by atoms with Crippen molar-refractivity contribution in [2.75, 3.05) is 0 Å². The van der Waals surface area contributed by atoms with E-state index < -0.39 is 0 Å².